The number of phenolic OH excluding ortho intramolecular Hbond substituents is 2. The molecule has 0 unspecified atom stereocenters. The van der Waals surface area contributed by atoms with Crippen LogP contribution in [0.3, 0.4) is 0 Å². The van der Waals surface area contributed by atoms with Gasteiger partial charge in [0, 0.05) is 18.1 Å². The molecular weight excluding hydrogens is 180 g/mol. The van der Waals surface area contributed by atoms with Crippen LogP contribution in [0.5, 0.6) is 11.5 Å². The van der Waals surface area contributed by atoms with Crippen molar-refractivity contribution in [2.75, 3.05) is 0 Å². The predicted octanol–water partition coefficient (Wildman–Crippen LogP) is 2.28. The summed E-state index contributed by atoms with van der Waals surface area (Å²) >= 11 is 0. The summed E-state index contributed by atoms with van der Waals surface area (Å²) in [6.45, 7) is 0. The second-order valence-electron chi connectivity index (χ2n) is 3.07. The Bertz CT molecular complexity index is 418. The number of hydrogen-bond acceptors (Lipinski definition) is 3. The van der Waals surface area contributed by atoms with Gasteiger partial charge in [-0.3, -0.25) is 0 Å². The van der Waals surface area contributed by atoms with E-state index in [1.54, 1.807) is 18.4 Å². The topological polar surface area (TPSA) is 53.6 Å². The minimum Gasteiger partial charge on any atom is -0.508 e. The van der Waals surface area contributed by atoms with Crippen LogP contribution in [0.1, 0.15) is 11.3 Å². The first kappa shape index (κ1) is 8.69. The maximum absolute atomic E-state index is 9.49. The van der Waals surface area contributed by atoms with Gasteiger partial charge in [0.15, 0.2) is 0 Å². The number of furan rings is 1. The molecule has 0 radical (unpaired) electrons. The lowest BCUT2D eigenvalue weighted by molar-refractivity contribution is 0.444. The maximum Gasteiger partial charge on any atom is 0.122 e. The SMILES string of the molecule is Oc1ccc(Cc2ccco2)c(O)c1. The molecule has 72 valence electrons. The average molecular weight is 190 g/mol. The van der Waals surface area contributed by atoms with Crippen molar-refractivity contribution in [3.63, 3.8) is 0 Å². The maximum atomic E-state index is 9.49. The minimum atomic E-state index is 0.0608. The first-order chi connectivity index (χ1) is 6.75. The van der Waals surface area contributed by atoms with Gasteiger partial charge in [0.05, 0.1) is 6.26 Å². The fourth-order valence-corrected chi connectivity index (χ4v) is 1.30. The number of phenols is 2. The molecule has 0 aliphatic carbocycles. The molecule has 2 rings (SSSR count). The Morgan fingerprint density at radius 2 is 2.00 bits per heavy atom. The summed E-state index contributed by atoms with van der Waals surface area (Å²) in [7, 11) is 0. The summed E-state index contributed by atoms with van der Waals surface area (Å²) in [6, 6.07) is 8.17. The highest BCUT2D eigenvalue weighted by Crippen LogP contribution is 2.24. The number of aromatic hydroxyl groups is 2. The zero-order chi connectivity index (χ0) is 9.97. The second kappa shape index (κ2) is 3.46. The molecule has 14 heavy (non-hydrogen) atoms. The van der Waals surface area contributed by atoms with Crippen molar-refractivity contribution >= 4 is 0 Å². The summed E-state index contributed by atoms with van der Waals surface area (Å²) in [5, 5.41) is 18.6. The van der Waals surface area contributed by atoms with Gasteiger partial charge in [0.1, 0.15) is 17.3 Å². The Balaban J connectivity index is 2.25. The lowest BCUT2D eigenvalue weighted by atomic mass is 10.1. The quantitative estimate of drug-likeness (QED) is 0.763. The lowest BCUT2D eigenvalue weighted by Gasteiger charge is -2.02. The normalized spacial score (nSPS) is 10.3. The Morgan fingerprint density at radius 3 is 2.64 bits per heavy atom. The molecule has 0 fully saturated rings. The minimum absolute atomic E-state index is 0.0608. The third-order valence-electron chi connectivity index (χ3n) is 2.01. The third kappa shape index (κ3) is 1.71. The van der Waals surface area contributed by atoms with Crippen molar-refractivity contribution in [3.8, 4) is 11.5 Å². The van der Waals surface area contributed by atoms with Gasteiger partial charge in [0.2, 0.25) is 0 Å². The highest BCUT2D eigenvalue weighted by atomic mass is 16.3. The fraction of sp³-hybridized carbons (Fsp3) is 0.0909. The summed E-state index contributed by atoms with van der Waals surface area (Å²) < 4.78 is 5.15. The summed E-state index contributed by atoms with van der Waals surface area (Å²) in [5.41, 5.74) is 0.734. The summed E-state index contributed by atoms with van der Waals surface area (Å²) in [6.07, 6.45) is 2.12. The van der Waals surface area contributed by atoms with Gasteiger partial charge >= 0.3 is 0 Å². The average Bonchev–Trinajstić information content (AvgIpc) is 2.62. The van der Waals surface area contributed by atoms with E-state index in [4.69, 9.17) is 9.52 Å². The van der Waals surface area contributed by atoms with Crippen LogP contribution in [0.4, 0.5) is 0 Å². The van der Waals surface area contributed by atoms with E-state index in [-0.39, 0.29) is 11.5 Å². The van der Waals surface area contributed by atoms with E-state index in [0.717, 1.165) is 11.3 Å². The highest BCUT2D eigenvalue weighted by molar-refractivity contribution is 5.40. The van der Waals surface area contributed by atoms with Gasteiger partial charge in [0.25, 0.3) is 0 Å². The van der Waals surface area contributed by atoms with Gasteiger partial charge in [-0.05, 0) is 18.2 Å². The van der Waals surface area contributed by atoms with Crippen molar-refractivity contribution < 1.29 is 14.6 Å². The number of benzene rings is 1. The number of rotatable bonds is 2. The van der Waals surface area contributed by atoms with Crippen LogP contribution >= 0.6 is 0 Å². The smallest absolute Gasteiger partial charge is 0.122 e. The molecular formula is C11H10O3. The van der Waals surface area contributed by atoms with E-state index in [1.165, 1.54) is 12.1 Å². The monoisotopic (exact) mass is 190 g/mol. The van der Waals surface area contributed by atoms with E-state index < -0.39 is 0 Å². The molecule has 0 saturated carbocycles. The van der Waals surface area contributed by atoms with Gasteiger partial charge in [-0.25, -0.2) is 0 Å². The van der Waals surface area contributed by atoms with Crippen LogP contribution in [-0.4, -0.2) is 10.2 Å². The van der Waals surface area contributed by atoms with E-state index >= 15 is 0 Å². The van der Waals surface area contributed by atoms with Gasteiger partial charge in [-0.15, -0.1) is 0 Å². The fourth-order valence-electron chi connectivity index (χ4n) is 1.30. The molecule has 0 saturated heterocycles. The summed E-state index contributed by atoms with van der Waals surface area (Å²) in [4.78, 5) is 0. The molecule has 3 heteroatoms. The largest absolute Gasteiger partial charge is 0.508 e. The molecule has 0 aliphatic heterocycles. The predicted molar refractivity (Wildman–Crippen MR) is 51.3 cm³/mol. The van der Waals surface area contributed by atoms with Gasteiger partial charge in [-0.2, -0.15) is 0 Å². The summed E-state index contributed by atoms with van der Waals surface area (Å²) in [5.74, 6) is 0.929. The van der Waals surface area contributed by atoms with Crippen LogP contribution in [0.2, 0.25) is 0 Å². The lowest BCUT2D eigenvalue weighted by Crippen LogP contribution is -1.85. The molecule has 1 heterocycles. The second-order valence-corrected chi connectivity index (χ2v) is 3.07. The van der Waals surface area contributed by atoms with Gasteiger partial charge in [-0.1, -0.05) is 6.07 Å². The molecule has 0 amide bonds. The van der Waals surface area contributed by atoms with Crippen LogP contribution in [-0.2, 0) is 6.42 Å². The first-order valence-corrected chi connectivity index (χ1v) is 4.29. The van der Waals surface area contributed by atoms with Crippen molar-refractivity contribution in [1.82, 2.24) is 0 Å². The van der Waals surface area contributed by atoms with E-state index in [9.17, 15) is 5.11 Å². The van der Waals surface area contributed by atoms with Crippen LogP contribution in [0, 0.1) is 0 Å². The van der Waals surface area contributed by atoms with Crippen molar-refractivity contribution in [3.05, 3.63) is 47.9 Å². The molecule has 2 N–H and O–H groups in total. The van der Waals surface area contributed by atoms with Crippen LogP contribution in [0.15, 0.2) is 41.0 Å². The van der Waals surface area contributed by atoms with Crippen molar-refractivity contribution in [1.29, 1.82) is 0 Å². The van der Waals surface area contributed by atoms with E-state index in [1.807, 2.05) is 6.07 Å². The molecule has 0 aliphatic rings. The van der Waals surface area contributed by atoms with E-state index in [0.29, 0.717) is 6.42 Å². The third-order valence-corrected chi connectivity index (χ3v) is 2.01. The van der Waals surface area contributed by atoms with E-state index in [2.05, 4.69) is 0 Å². The Morgan fingerprint density at radius 1 is 1.14 bits per heavy atom. The van der Waals surface area contributed by atoms with Crippen molar-refractivity contribution in [2.24, 2.45) is 0 Å². The van der Waals surface area contributed by atoms with Crippen molar-refractivity contribution in [2.45, 2.75) is 6.42 Å². The highest BCUT2D eigenvalue weighted by Gasteiger charge is 2.04. The Kier molecular flexibility index (Phi) is 2.14. The molecule has 1 aromatic carbocycles. The standard InChI is InChI=1S/C11H10O3/c12-9-4-3-8(11(13)7-9)6-10-2-1-5-14-10/h1-5,7,12-13H,6H2. The first-order valence-electron chi connectivity index (χ1n) is 4.29. The van der Waals surface area contributed by atoms with Crippen LogP contribution in [0.25, 0.3) is 0 Å². The molecule has 1 aromatic heterocycles. The molecule has 3 nitrogen and oxygen atoms in total. The zero-order valence-electron chi connectivity index (χ0n) is 7.47. The zero-order valence-corrected chi connectivity index (χ0v) is 7.47. The van der Waals surface area contributed by atoms with Gasteiger partial charge < -0.3 is 14.6 Å². The Hall–Kier alpha value is -1.90. The molecule has 2 aromatic rings. The number of hydrogen-bond donors (Lipinski definition) is 2. The van der Waals surface area contributed by atoms with Crippen LogP contribution < -0.4 is 0 Å². The molecule has 0 atom stereocenters. The molecule has 0 spiro atoms. The Labute approximate surface area is 81.2 Å². The molecule has 0 bridgehead atoms.